The minimum Gasteiger partial charge on any atom is -0.487 e. The molecule has 0 saturated heterocycles. The summed E-state index contributed by atoms with van der Waals surface area (Å²) in [5.74, 6) is 0. The number of rotatable bonds is 2. The molecule has 0 aliphatic rings. The maximum Gasteiger partial charge on any atom is 1.00 e. The molecule has 0 bridgehead atoms. The third-order valence-electron chi connectivity index (χ3n) is 1.17. The molecule has 62 valence electrons. The van der Waals surface area contributed by atoms with Gasteiger partial charge in [0.1, 0.15) is 0 Å². The van der Waals surface area contributed by atoms with Crippen LogP contribution in [0.2, 0.25) is 0 Å². The van der Waals surface area contributed by atoms with Crippen LogP contribution in [0.3, 0.4) is 0 Å². The van der Waals surface area contributed by atoms with Crippen LogP contribution in [0.25, 0.3) is 0 Å². The fraction of sp³-hybridized carbons (Fsp3) is 0.200. The van der Waals surface area contributed by atoms with Crippen molar-refractivity contribution < 1.29 is 69.1 Å². The zero-order chi connectivity index (χ0) is 8.48. The second-order valence-corrected chi connectivity index (χ2v) is 2.85. The molecular weight excluding hydrogens is 215 g/mol. The van der Waals surface area contributed by atoms with Gasteiger partial charge in [0.2, 0.25) is 0 Å². The summed E-state index contributed by atoms with van der Waals surface area (Å²) in [6, 6.07) is 1.00. The van der Waals surface area contributed by atoms with Crippen LogP contribution in [-0.2, 0) is 0 Å². The van der Waals surface area contributed by atoms with Crippen molar-refractivity contribution in [3.63, 3.8) is 0 Å². The molecular formula is C5H5BF3KOS. The van der Waals surface area contributed by atoms with Crippen molar-refractivity contribution in [3.8, 4) is 5.06 Å². The summed E-state index contributed by atoms with van der Waals surface area (Å²) >= 11 is 0.950. The molecule has 0 fully saturated rings. The topological polar surface area (TPSA) is 9.23 Å². The van der Waals surface area contributed by atoms with Gasteiger partial charge in [-0.05, 0) is 11.4 Å². The summed E-state index contributed by atoms with van der Waals surface area (Å²) in [4.78, 5) is 0. The van der Waals surface area contributed by atoms with Gasteiger partial charge in [-0.25, -0.2) is 0 Å². The van der Waals surface area contributed by atoms with Crippen LogP contribution >= 0.6 is 11.3 Å². The molecule has 1 aromatic heterocycles. The summed E-state index contributed by atoms with van der Waals surface area (Å²) in [5.41, 5.74) is -0.591. The first-order valence-electron chi connectivity index (χ1n) is 2.86. The molecule has 1 nitrogen and oxygen atoms in total. The third-order valence-corrected chi connectivity index (χ3v) is 2.08. The predicted octanol–water partition coefficient (Wildman–Crippen LogP) is -1.18. The molecule has 0 aromatic carbocycles. The number of ether oxygens (including phenoxy) is 1. The largest absolute Gasteiger partial charge is 1.00 e. The van der Waals surface area contributed by atoms with Crippen LogP contribution < -0.4 is 61.6 Å². The molecule has 1 heterocycles. The molecule has 0 spiro atoms. The van der Waals surface area contributed by atoms with Crippen LogP contribution in [0.5, 0.6) is 5.06 Å². The summed E-state index contributed by atoms with van der Waals surface area (Å²) in [5, 5.41) is 1.35. The molecule has 0 N–H and O–H groups in total. The van der Waals surface area contributed by atoms with Crippen LogP contribution in [0.4, 0.5) is 12.9 Å². The number of hydrogen-bond acceptors (Lipinski definition) is 2. The van der Waals surface area contributed by atoms with Crippen LogP contribution in [0.1, 0.15) is 0 Å². The Kier molecular flexibility index (Phi) is 5.43. The van der Waals surface area contributed by atoms with Crippen molar-refractivity contribution in [2.75, 3.05) is 7.11 Å². The van der Waals surface area contributed by atoms with Crippen molar-refractivity contribution in [2.45, 2.75) is 0 Å². The molecule has 0 aliphatic carbocycles. The minimum absolute atomic E-state index is 0. The van der Waals surface area contributed by atoms with Gasteiger partial charge in [-0.15, -0.1) is 11.3 Å². The standard InChI is InChI=1S/C5H5BF3OS.K/c1-10-5-2-4(3-11-5)6(7,8)9;/h2-3H,1H3;/q-1;+1. The van der Waals surface area contributed by atoms with Gasteiger partial charge in [-0.3, -0.25) is 0 Å². The predicted molar refractivity (Wildman–Crippen MR) is 39.6 cm³/mol. The Morgan fingerprint density at radius 3 is 2.25 bits per heavy atom. The van der Waals surface area contributed by atoms with Gasteiger partial charge in [-0.1, -0.05) is 5.46 Å². The van der Waals surface area contributed by atoms with Crippen molar-refractivity contribution >= 4 is 23.8 Å². The second kappa shape index (κ2) is 5.02. The summed E-state index contributed by atoms with van der Waals surface area (Å²) < 4.78 is 40.5. The van der Waals surface area contributed by atoms with Gasteiger partial charge >= 0.3 is 58.4 Å². The minimum atomic E-state index is -4.86. The molecule has 0 unspecified atom stereocenters. The monoisotopic (exact) mass is 220 g/mol. The molecule has 0 radical (unpaired) electrons. The van der Waals surface area contributed by atoms with E-state index in [4.69, 9.17) is 0 Å². The summed E-state index contributed by atoms with van der Waals surface area (Å²) in [7, 11) is 1.35. The Balaban J connectivity index is 0.00000121. The van der Waals surface area contributed by atoms with E-state index in [0.717, 1.165) is 22.8 Å². The molecule has 1 rings (SSSR count). The maximum atomic E-state index is 12.0. The van der Waals surface area contributed by atoms with E-state index in [-0.39, 0.29) is 51.4 Å². The van der Waals surface area contributed by atoms with Gasteiger partial charge in [0.05, 0.1) is 7.11 Å². The zero-order valence-corrected chi connectivity index (χ0v) is 10.6. The van der Waals surface area contributed by atoms with Crippen LogP contribution in [0, 0.1) is 0 Å². The van der Waals surface area contributed by atoms with E-state index in [9.17, 15) is 12.9 Å². The van der Waals surface area contributed by atoms with E-state index in [0.29, 0.717) is 5.06 Å². The molecule has 0 amide bonds. The normalized spacial score (nSPS) is 10.7. The number of halogens is 3. The summed E-state index contributed by atoms with van der Waals surface area (Å²) in [6.07, 6.45) is 0. The number of methoxy groups -OCH3 is 1. The Labute approximate surface area is 115 Å². The van der Waals surface area contributed by atoms with Crippen molar-refractivity contribution in [3.05, 3.63) is 11.4 Å². The van der Waals surface area contributed by atoms with Crippen LogP contribution in [0.15, 0.2) is 11.4 Å². The Bertz CT molecular complexity index is 249. The van der Waals surface area contributed by atoms with E-state index in [1.807, 2.05) is 0 Å². The Morgan fingerprint density at radius 2 is 2.00 bits per heavy atom. The van der Waals surface area contributed by atoms with Crippen molar-refractivity contribution in [2.24, 2.45) is 0 Å². The molecule has 12 heavy (non-hydrogen) atoms. The average molecular weight is 220 g/mol. The first-order chi connectivity index (χ1) is 5.04. The first-order valence-corrected chi connectivity index (χ1v) is 3.74. The second-order valence-electron chi connectivity index (χ2n) is 1.98. The van der Waals surface area contributed by atoms with Crippen molar-refractivity contribution in [1.82, 2.24) is 0 Å². The van der Waals surface area contributed by atoms with Gasteiger partial charge in [0.15, 0.2) is 5.06 Å². The number of hydrogen-bond donors (Lipinski definition) is 0. The molecule has 0 aliphatic heterocycles. The smallest absolute Gasteiger partial charge is 0.487 e. The molecule has 0 atom stereocenters. The third kappa shape index (κ3) is 3.39. The fourth-order valence-electron chi connectivity index (χ4n) is 0.609. The molecule has 7 heteroatoms. The summed E-state index contributed by atoms with van der Waals surface area (Å²) in [6.45, 7) is -4.86. The quantitative estimate of drug-likeness (QED) is 0.570. The SMILES string of the molecule is COc1cc([B-](F)(F)F)cs1.[K+]. The van der Waals surface area contributed by atoms with E-state index in [1.165, 1.54) is 7.11 Å². The van der Waals surface area contributed by atoms with E-state index in [1.54, 1.807) is 0 Å². The Hall–Kier alpha value is 0.991. The first kappa shape index (κ1) is 13.0. The molecule has 0 saturated carbocycles. The van der Waals surface area contributed by atoms with Gasteiger partial charge in [0, 0.05) is 0 Å². The van der Waals surface area contributed by atoms with E-state index >= 15 is 0 Å². The van der Waals surface area contributed by atoms with Gasteiger partial charge in [0.25, 0.3) is 0 Å². The molecule has 1 aromatic rings. The van der Waals surface area contributed by atoms with Crippen LogP contribution in [-0.4, -0.2) is 14.1 Å². The maximum absolute atomic E-state index is 12.0. The fourth-order valence-corrected chi connectivity index (χ4v) is 1.38. The van der Waals surface area contributed by atoms with Crippen molar-refractivity contribution in [1.29, 1.82) is 0 Å². The van der Waals surface area contributed by atoms with E-state index in [2.05, 4.69) is 4.74 Å². The van der Waals surface area contributed by atoms with Gasteiger partial charge in [-0.2, -0.15) is 0 Å². The van der Waals surface area contributed by atoms with E-state index < -0.39 is 12.4 Å². The number of thiophene rings is 1. The Morgan fingerprint density at radius 1 is 1.42 bits per heavy atom. The zero-order valence-electron chi connectivity index (χ0n) is 6.68. The van der Waals surface area contributed by atoms with Gasteiger partial charge < -0.3 is 17.7 Å². The average Bonchev–Trinajstić information content (AvgIpc) is 2.32.